The third-order valence-electron chi connectivity index (χ3n) is 3.12. The Kier molecular flexibility index (Phi) is 3.93. The van der Waals surface area contributed by atoms with Gasteiger partial charge in [-0.25, -0.2) is 4.98 Å². The van der Waals surface area contributed by atoms with Crippen molar-refractivity contribution in [1.82, 2.24) is 10.3 Å². The van der Waals surface area contributed by atoms with E-state index in [1.54, 1.807) is 24.3 Å². The number of nitro groups is 1. The van der Waals surface area contributed by atoms with Gasteiger partial charge in [-0.2, -0.15) is 0 Å². The second kappa shape index (κ2) is 5.64. The average Bonchev–Trinajstić information content (AvgIpc) is 2.45. The number of non-ortho nitro benzene ring substituents is 1. The number of amides is 1. The van der Waals surface area contributed by atoms with Crippen molar-refractivity contribution < 1.29 is 9.72 Å². The molecule has 20 heavy (non-hydrogen) atoms. The van der Waals surface area contributed by atoms with E-state index in [9.17, 15) is 14.9 Å². The van der Waals surface area contributed by atoms with Gasteiger partial charge < -0.3 is 5.32 Å². The Hall–Kier alpha value is -2.50. The van der Waals surface area contributed by atoms with Gasteiger partial charge in [0.1, 0.15) is 11.2 Å². The van der Waals surface area contributed by atoms with Crippen LogP contribution in [0.3, 0.4) is 0 Å². The van der Waals surface area contributed by atoms with Crippen molar-refractivity contribution in [3.8, 4) is 0 Å². The quantitative estimate of drug-likeness (QED) is 0.685. The molecule has 1 atom stereocenters. The third kappa shape index (κ3) is 2.74. The number of fused-ring (bicyclic) bond motifs is 1. The summed E-state index contributed by atoms with van der Waals surface area (Å²) in [6, 6.07) is 7.98. The van der Waals surface area contributed by atoms with E-state index in [0.717, 1.165) is 6.42 Å². The molecule has 0 aliphatic heterocycles. The standard InChI is InChI=1S/C14H15N3O3/c1-3-9(2)15-14(18)11-8-7-10-5-4-6-12(17(19)20)13(10)16-11/h4-9H,3H2,1-2H3,(H,15,18). The van der Waals surface area contributed by atoms with E-state index >= 15 is 0 Å². The first-order valence-corrected chi connectivity index (χ1v) is 6.38. The molecule has 0 aliphatic carbocycles. The zero-order valence-corrected chi connectivity index (χ0v) is 11.3. The summed E-state index contributed by atoms with van der Waals surface area (Å²) < 4.78 is 0. The number of nitro benzene ring substituents is 1. The molecule has 0 radical (unpaired) electrons. The number of benzene rings is 1. The molecule has 104 valence electrons. The Morgan fingerprint density at radius 3 is 2.80 bits per heavy atom. The van der Waals surface area contributed by atoms with Gasteiger partial charge in [-0.3, -0.25) is 14.9 Å². The fraction of sp³-hybridized carbons (Fsp3) is 0.286. The second-order valence-electron chi connectivity index (χ2n) is 4.59. The molecule has 6 nitrogen and oxygen atoms in total. The van der Waals surface area contributed by atoms with Gasteiger partial charge in [0, 0.05) is 17.5 Å². The first kappa shape index (κ1) is 13.9. The van der Waals surface area contributed by atoms with E-state index in [1.807, 2.05) is 13.8 Å². The van der Waals surface area contributed by atoms with Crippen LogP contribution in [-0.2, 0) is 0 Å². The SMILES string of the molecule is CCC(C)NC(=O)c1ccc2cccc([N+](=O)[O-])c2n1. The summed E-state index contributed by atoms with van der Waals surface area (Å²) in [5.41, 5.74) is 0.321. The van der Waals surface area contributed by atoms with Gasteiger partial charge in [0.2, 0.25) is 0 Å². The van der Waals surface area contributed by atoms with Crippen LogP contribution in [0.4, 0.5) is 5.69 Å². The first-order valence-electron chi connectivity index (χ1n) is 6.38. The highest BCUT2D eigenvalue weighted by Gasteiger charge is 2.16. The van der Waals surface area contributed by atoms with E-state index in [-0.39, 0.29) is 28.8 Å². The van der Waals surface area contributed by atoms with Gasteiger partial charge in [0.15, 0.2) is 0 Å². The van der Waals surface area contributed by atoms with Crippen LogP contribution in [0.2, 0.25) is 0 Å². The van der Waals surface area contributed by atoms with Crippen molar-refractivity contribution in [2.24, 2.45) is 0 Å². The molecule has 1 aromatic heterocycles. The van der Waals surface area contributed by atoms with Gasteiger partial charge in [-0.15, -0.1) is 0 Å². The van der Waals surface area contributed by atoms with Crippen LogP contribution in [0.1, 0.15) is 30.8 Å². The lowest BCUT2D eigenvalue weighted by molar-refractivity contribution is -0.383. The zero-order chi connectivity index (χ0) is 14.7. The molecule has 2 rings (SSSR count). The van der Waals surface area contributed by atoms with Gasteiger partial charge >= 0.3 is 0 Å². The van der Waals surface area contributed by atoms with Crippen LogP contribution in [0, 0.1) is 10.1 Å². The molecule has 1 unspecified atom stereocenters. The summed E-state index contributed by atoms with van der Waals surface area (Å²) >= 11 is 0. The maximum atomic E-state index is 12.0. The number of carbonyl (C=O) groups excluding carboxylic acids is 1. The summed E-state index contributed by atoms with van der Waals surface area (Å²) in [5.74, 6) is -0.320. The van der Waals surface area contributed by atoms with E-state index in [1.165, 1.54) is 6.07 Å². The second-order valence-corrected chi connectivity index (χ2v) is 4.59. The molecular formula is C14H15N3O3. The minimum absolute atomic E-state index is 0.0331. The smallest absolute Gasteiger partial charge is 0.295 e. The molecule has 1 heterocycles. The number of aromatic nitrogens is 1. The summed E-state index contributed by atoms with van der Waals surface area (Å²) in [7, 11) is 0. The minimum atomic E-state index is -0.494. The number of pyridine rings is 1. The number of nitrogens with zero attached hydrogens (tertiary/aromatic N) is 2. The van der Waals surface area contributed by atoms with E-state index in [0.29, 0.717) is 5.39 Å². The summed E-state index contributed by atoms with van der Waals surface area (Å²) in [6.07, 6.45) is 0.805. The highest BCUT2D eigenvalue weighted by molar-refractivity contribution is 5.96. The maximum Gasteiger partial charge on any atom is 0.295 e. The molecular weight excluding hydrogens is 258 g/mol. The molecule has 0 aliphatic rings. The lowest BCUT2D eigenvalue weighted by atomic mass is 10.1. The summed E-state index contributed by atoms with van der Waals surface area (Å²) in [6.45, 7) is 3.85. The Bertz CT molecular complexity index is 670. The normalized spacial score (nSPS) is 12.1. The fourth-order valence-electron chi connectivity index (χ4n) is 1.81. The Morgan fingerprint density at radius 1 is 1.40 bits per heavy atom. The topological polar surface area (TPSA) is 85.1 Å². The Labute approximate surface area is 116 Å². The van der Waals surface area contributed by atoms with E-state index in [2.05, 4.69) is 10.3 Å². The maximum absolute atomic E-state index is 12.0. The molecule has 2 aromatic rings. The highest BCUT2D eigenvalue weighted by Crippen LogP contribution is 2.23. The number of para-hydroxylation sites is 1. The predicted molar refractivity (Wildman–Crippen MR) is 75.6 cm³/mol. The van der Waals surface area contributed by atoms with Gasteiger partial charge in [0.25, 0.3) is 11.6 Å². The number of nitrogens with one attached hydrogen (secondary N) is 1. The lowest BCUT2D eigenvalue weighted by Gasteiger charge is -2.11. The van der Waals surface area contributed by atoms with Crippen molar-refractivity contribution in [1.29, 1.82) is 0 Å². The number of carbonyl (C=O) groups is 1. The highest BCUT2D eigenvalue weighted by atomic mass is 16.6. The van der Waals surface area contributed by atoms with Crippen molar-refractivity contribution in [2.45, 2.75) is 26.3 Å². The number of hydrogen-bond donors (Lipinski definition) is 1. The molecule has 0 spiro atoms. The molecule has 6 heteroatoms. The van der Waals surface area contributed by atoms with Crippen LogP contribution in [0.5, 0.6) is 0 Å². The van der Waals surface area contributed by atoms with E-state index < -0.39 is 4.92 Å². The largest absolute Gasteiger partial charge is 0.348 e. The monoisotopic (exact) mass is 273 g/mol. The third-order valence-corrected chi connectivity index (χ3v) is 3.12. The van der Waals surface area contributed by atoms with Gasteiger partial charge in [-0.1, -0.05) is 25.1 Å². The molecule has 1 amide bonds. The Balaban J connectivity index is 2.44. The zero-order valence-electron chi connectivity index (χ0n) is 11.3. The fourth-order valence-corrected chi connectivity index (χ4v) is 1.81. The molecule has 0 saturated carbocycles. The van der Waals surface area contributed by atoms with Crippen LogP contribution in [0.25, 0.3) is 10.9 Å². The average molecular weight is 273 g/mol. The van der Waals surface area contributed by atoms with Crippen LogP contribution in [-0.4, -0.2) is 21.9 Å². The molecule has 1 N–H and O–H groups in total. The van der Waals surface area contributed by atoms with Crippen LogP contribution < -0.4 is 5.32 Å². The molecule has 0 bridgehead atoms. The minimum Gasteiger partial charge on any atom is -0.348 e. The van der Waals surface area contributed by atoms with Crippen molar-refractivity contribution in [2.75, 3.05) is 0 Å². The summed E-state index contributed by atoms with van der Waals surface area (Å²) in [5, 5.41) is 14.4. The van der Waals surface area contributed by atoms with Gasteiger partial charge in [0.05, 0.1) is 4.92 Å². The molecule has 1 aromatic carbocycles. The lowest BCUT2D eigenvalue weighted by Crippen LogP contribution is -2.32. The summed E-state index contributed by atoms with van der Waals surface area (Å²) in [4.78, 5) is 26.6. The molecule has 0 fully saturated rings. The van der Waals surface area contributed by atoms with Crippen molar-refractivity contribution in [3.63, 3.8) is 0 Å². The van der Waals surface area contributed by atoms with Gasteiger partial charge in [-0.05, 0) is 19.4 Å². The number of rotatable bonds is 4. The van der Waals surface area contributed by atoms with Crippen LogP contribution >= 0.6 is 0 Å². The van der Waals surface area contributed by atoms with E-state index in [4.69, 9.17) is 0 Å². The van der Waals surface area contributed by atoms with Crippen LogP contribution in [0.15, 0.2) is 30.3 Å². The Morgan fingerprint density at radius 2 is 2.15 bits per heavy atom. The molecule has 0 saturated heterocycles. The van der Waals surface area contributed by atoms with Crippen molar-refractivity contribution >= 4 is 22.5 Å². The number of hydrogen-bond acceptors (Lipinski definition) is 4. The predicted octanol–water partition coefficient (Wildman–Crippen LogP) is 2.67. The van der Waals surface area contributed by atoms with Crippen molar-refractivity contribution in [3.05, 3.63) is 46.1 Å². The first-order chi connectivity index (χ1) is 9.52.